The third-order valence-corrected chi connectivity index (χ3v) is 9.93. The highest BCUT2D eigenvalue weighted by Crippen LogP contribution is 2.40. The van der Waals surface area contributed by atoms with Crippen molar-refractivity contribution in [1.29, 1.82) is 0 Å². The molecule has 0 fully saturated rings. The van der Waals surface area contributed by atoms with Gasteiger partial charge in [0, 0.05) is 0 Å². The molecule has 0 bridgehead atoms. The Hall–Kier alpha value is -1.43. The standard InChI is InChI=1S/C21H34O4Si/c1-9-14-21(5,19(23)24-6)18(22)17-13-11-10-12-16(17)15-25-26(7,8)20(2,3)4/h9-14,18,22H,15H2,1-8H3/b14-9+/t18-,21+/m1/s1. The summed E-state index contributed by atoms with van der Waals surface area (Å²) < 4.78 is 11.3. The number of ether oxygens (including phenoxy) is 1. The molecule has 0 aliphatic heterocycles. The lowest BCUT2D eigenvalue weighted by Crippen LogP contribution is -2.40. The van der Waals surface area contributed by atoms with Gasteiger partial charge in [-0.3, -0.25) is 4.79 Å². The van der Waals surface area contributed by atoms with E-state index in [0.29, 0.717) is 12.2 Å². The number of esters is 1. The fraction of sp³-hybridized carbons (Fsp3) is 0.571. The Bertz CT molecular complexity index is 646. The lowest BCUT2D eigenvalue weighted by Gasteiger charge is -2.37. The number of hydrogen-bond acceptors (Lipinski definition) is 4. The molecule has 0 saturated heterocycles. The van der Waals surface area contributed by atoms with Crippen LogP contribution in [0.25, 0.3) is 0 Å². The first-order valence-electron chi connectivity index (χ1n) is 9.03. The average Bonchev–Trinajstić information content (AvgIpc) is 2.58. The van der Waals surface area contributed by atoms with E-state index in [-0.39, 0.29) is 5.04 Å². The van der Waals surface area contributed by atoms with Crippen molar-refractivity contribution in [1.82, 2.24) is 0 Å². The van der Waals surface area contributed by atoms with Gasteiger partial charge in [-0.15, -0.1) is 0 Å². The number of rotatable bonds is 7. The molecule has 1 rings (SSSR count). The number of aliphatic hydroxyl groups is 1. The first kappa shape index (κ1) is 22.6. The normalized spacial score (nSPS) is 16.3. The third-order valence-electron chi connectivity index (χ3n) is 5.45. The highest BCUT2D eigenvalue weighted by molar-refractivity contribution is 6.74. The van der Waals surface area contributed by atoms with Crippen LogP contribution in [0.1, 0.15) is 51.8 Å². The maximum absolute atomic E-state index is 12.3. The molecule has 1 aromatic rings. The van der Waals surface area contributed by atoms with Gasteiger partial charge in [-0.1, -0.05) is 57.2 Å². The summed E-state index contributed by atoms with van der Waals surface area (Å²) in [5.74, 6) is -0.469. The molecular weight excluding hydrogens is 344 g/mol. The summed E-state index contributed by atoms with van der Waals surface area (Å²) in [4.78, 5) is 12.3. The average molecular weight is 379 g/mol. The minimum absolute atomic E-state index is 0.103. The monoisotopic (exact) mass is 378 g/mol. The van der Waals surface area contributed by atoms with E-state index in [4.69, 9.17) is 9.16 Å². The fourth-order valence-corrected chi connectivity index (χ4v) is 3.52. The molecule has 1 aromatic carbocycles. The van der Waals surface area contributed by atoms with Crippen LogP contribution in [-0.4, -0.2) is 26.5 Å². The highest BCUT2D eigenvalue weighted by Gasteiger charge is 2.41. The Morgan fingerprint density at radius 3 is 2.31 bits per heavy atom. The lowest BCUT2D eigenvalue weighted by molar-refractivity contribution is -0.155. The van der Waals surface area contributed by atoms with Crippen LogP contribution in [0.5, 0.6) is 0 Å². The van der Waals surface area contributed by atoms with E-state index in [0.717, 1.165) is 5.56 Å². The molecule has 4 nitrogen and oxygen atoms in total. The second kappa shape index (κ2) is 8.50. The van der Waals surface area contributed by atoms with Crippen molar-refractivity contribution in [2.24, 2.45) is 5.41 Å². The van der Waals surface area contributed by atoms with E-state index in [1.807, 2.05) is 31.2 Å². The van der Waals surface area contributed by atoms with Gasteiger partial charge in [0.1, 0.15) is 5.41 Å². The molecule has 0 unspecified atom stereocenters. The van der Waals surface area contributed by atoms with Crippen molar-refractivity contribution >= 4 is 14.3 Å². The largest absolute Gasteiger partial charge is 0.468 e. The molecule has 0 aliphatic rings. The molecule has 146 valence electrons. The van der Waals surface area contributed by atoms with Crippen molar-refractivity contribution < 1.29 is 19.1 Å². The first-order chi connectivity index (χ1) is 11.9. The topological polar surface area (TPSA) is 55.8 Å². The van der Waals surface area contributed by atoms with Crippen molar-refractivity contribution in [2.45, 2.75) is 65.5 Å². The van der Waals surface area contributed by atoms with Gasteiger partial charge in [-0.05, 0) is 43.1 Å². The number of allylic oxidation sites excluding steroid dienone is 1. The molecule has 0 spiro atoms. The van der Waals surface area contributed by atoms with E-state index in [1.165, 1.54) is 7.11 Å². The molecule has 26 heavy (non-hydrogen) atoms. The van der Waals surface area contributed by atoms with Crippen LogP contribution in [-0.2, 0) is 20.6 Å². The van der Waals surface area contributed by atoms with Gasteiger partial charge in [-0.2, -0.15) is 0 Å². The third kappa shape index (κ3) is 4.84. The second-order valence-electron chi connectivity index (χ2n) is 8.42. The summed E-state index contributed by atoms with van der Waals surface area (Å²) in [5, 5.41) is 11.1. The van der Waals surface area contributed by atoms with E-state index in [9.17, 15) is 9.90 Å². The van der Waals surface area contributed by atoms with Crippen LogP contribution in [0.2, 0.25) is 18.1 Å². The molecule has 0 aliphatic carbocycles. The molecular formula is C21H34O4Si. The van der Waals surface area contributed by atoms with Crippen LogP contribution >= 0.6 is 0 Å². The van der Waals surface area contributed by atoms with Crippen molar-refractivity contribution in [3.8, 4) is 0 Å². The number of aliphatic hydroxyl groups excluding tert-OH is 1. The van der Waals surface area contributed by atoms with Crippen LogP contribution in [0.4, 0.5) is 0 Å². The van der Waals surface area contributed by atoms with Crippen LogP contribution in [0.3, 0.4) is 0 Å². The summed E-state index contributed by atoms with van der Waals surface area (Å²) in [6, 6.07) is 7.58. The smallest absolute Gasteiger partial charge is 0.318 e. The Morgan fingerprint density at radius 1 is 1.23 bits per heavy atom. The minimum Gasteiger partial charge on any atom is -0.468 e. The Labute approximate surface area is 159 Å². The van der Waals surface area contributed by atoms with Crippen molar-refractivity contribution in [3.63, 3.8) is 0 Å². The zero-order chi connectivity index (χ0) is 20.2. The number of benzene rings is 1. The van der Waals surface area contributed by atoms with Gasteiger partial charge >= 0.3 is 5.97 Å². The quantitative estimate of drug-likeness (QED) is 0.412. The molecule has 0 aromatic heterocycles. The van der Waals surface area contributed by atoms with E-state index < -0.39 is 25.8 Å². The number of carbonyl (C=O) groups excluding carboxylic acids is 1. The van der Waals surface area contributed by atoms with Crippen molar-refractivity contribution in [3.05, 3.63) is 47.5 Å². The fourth-order valence-electron chi connectivity index (χ4n) is 2.57. The molecule has 0 heterocycles. The van der Waals surface area contributed by atoms with Gasteiger partial charge in [0.05, 0.1) is 19.8 Å². The molecule has 0 saturated carbocycles. The Morgan fingerprint density at radius 2 is 1.81 bits per heavy atom. The summed E-state index contributed by atoms with van der Waals surface area (Å²) >= 11 is 0. The molecule has 2 atom stereocenters. The van der Waals surface area contributed by atoms with Gasteiger partial charge in [0.2, 0.25) is 0 Å². The van der Waals surface area contributed by atoms with E-state index in [2.05, 4.69) is 33.9 Å². The SMILES string of the molecule is C/C=C/[C@](C)(C(=O)OC)[C@H](O)c1ccccc1CO[Si](C)(C)C(C)(C)C. The van der Waals surface area contributed by atoms with Crippen LogP contribution in [0.15, 0.2) is 36.4 Å². The molecule has 0 amide bonds. The van der Waals surface area contributed by atoms with Crippen LogP contribution < -0.4 is 0 Å². The summed E-state index contributed by atoms with van der Waals surface area (Å²) in [6.45, 7) is 14.9. The second-order valence-corrected chi connectivity index (χ2v) is 13.2. The lowest BCUT2D eigenvalue weighted by atomic mass is 9.79. The number of hydrogen-bond donors (Lipinski definition) is 1. The van der Waals surface area contributed by atoms with Gasteiger partial charge in [-0.25, -0.2) is 0 Å². The Balaban J connectivity index is 3.21. The number of methoxy groups -OCH3 is 1. The molecule has 1 N–H and O–H groups in total. The first-order valence-corrected chi connectivity index (χ1v) is 11.9. The highest BCUT2D eigenvalue weighted by atomic mass is 28.4. The van der Waals surface area contributed by atoms with Crippen LogP contribution in [0, 0.1) is 5.41 Å². The van der Waals surface area contributed by atoms with Gasteiger partial charge < -0.3 is 14.3 Å². The maximum Gasteiger partial charge on any atom is 0.318 e. The van der Waals surface area contributed by atoms with Crippen molar-refractivity contribution in [2.75, 3.05) is 7.11 Å². The van der Waals surface area contributed by atoms with Gasteiger partial charge in [0.15, 0.2) is 8.32 Å². The summed E-state index contributed by atoms with van der Waals surface area (Å²) in [6.07, 6.45) is 2.43. The van der Waals surface area contributed by atoms with E-state index in [1.54, 1.807) is 19.1 Å². The van der Waals surface area contributed by atoms with E-state index >= 15 is 0 Å². The summed E-state index contributed by atoms with van der Waals surface area (Å²) in [7, 11) is -0.586. The molecule has 0 radical (unpaired) electrons. The zero-order valence-electron chi connectivity index (χ0n) is 17.4. The predicted molar refractivity (Wildman–Crippen MR) is 108 cm³/mol. The predicted octanol–water partition coefficient (Wildman–Crippen LogP) is 5.00. The van der Waals surface area contributed by atoms with Gasteiger partial charge in [0.25, 0.3) is 0 Å². The number of carbonyl (C=O) groups is 1. The summed E-state index contributed by atoms with van der Waals surface area (Å²) in [5.41, 5.74) is 0.429. The molecule has 5 heteroatoms. The zero-order valence-corrected chi connectivity index (χ0v) is 18.4. The minimum atomic E-state index is -1.92. The Kier molecular flexibility index (Phi) is 7.39. The maximum atomic E-state index is 12.3.